The third-order valence-corrected chi connectivity index (χ3v) is 6.92. The van der Waals surface area contributed by atoms with Crippen LogP contribution in [-0.4, -0.2) is 76.4 Å². The number of para-hydroxylation sites is 1. The molecule has 3 rings (SSSR count). The minimum atomic E-state index is -3.65. The second-order valence-corrected chi connectivity index (χ2v) is 9.51. The summed E-state index contributed by atoms with van der Waals surface area (Å²) in [4.78, 5) is 26.1. The number of carbonyl (C=O) groups excluding carboxylic acids is 2. The lowest BCUT2D eigenvalue weighted by Gasteiger charge is -2.26. The Labute approximate surface area is 188 Å². The van der Waals surface area contributed by atoms with Crippen LogP contribution in [0.3, 0.4) is 0 Å². The minimum Gasteiger partial charge on any atom is -0.379 e. The first-order chi connectivity index (χ1) is 15.3. The van der Waals surface area contributed by atoms with Gasteiger partial charge in [-0.1, -0.05) is 24.3 Å². The lowest BCUT2D eigenvalue weighted by molar-refractivity contribution is -0.127. The molecule has 0 bridgehead atoms. The van der Waals surface area contributed by atoms with E-state index < -0.39 is 10.0 Å². The maximum atomic E-state index is 12.8. The molecule has 9 nitrogen and oxygen atoms in total. The largest absolute Gasteiger partial charge is 0.379 e. The lowest BCUT2D eigenvalue weighted by atomic mass is 10.1. The predicted molar refractivity (Wildman–Crippen MR) is 122 cm³/mol. The summed E-state index contributed by atoms with van der Waals surface area (Å²) in [5.41, 5.74) is 1.88. The highest BCUT2D eigenvalue weighted by Crippen LogP contribution is 2.21. The number of nitrogens with one attached hydrogen (secondary N) is 2. The SMILES string of the molecule is CN(C)C(=O)Cc1ccccc1NCC(=O)Nc1cccc(S(=O)(=O)N2CCOCC2)c1. The van der Waals surface area contributed by atoms with Crippen LogP contribution in [0.25, 0.3) is 0 Å². The molecule has 0 saturated carbocycles. The van der Waals surface area contributed by atoms with Crippen molar-refractivity contribution >= 4 is 33.2 Å². The van der Waals surface area contributed by atoms with Crippen molar-refractivity contribution in [2.45, 2.75) is 11.3 Å². The summed E-state index contributed by atoms with van der Waals surface area (Å²) >= 11 is 0. The van der Waals surface area contributed by atoms with Crippen molar-refractivity contribution in [1.82, 2.24) is 9.21 Å². The van der Waals surface area contributed by atoms with Crippen LogP contribution in [0.5, 0.6) is 0 Å². The minimum absolute atomic E-state index is 0.0341. The van der Waals surface area contributed by atoms with E-state index in [2.05, 4.69) is 10.6 Å². The number of morpholine rings is 1. The fraction of sp³-hybridized carbons (Fsp3) is 0.364. The number of hydrogen-bond donors (Lipinski definition) is 2. The molecule has 1 aliphatic heterocycles. The molecule has 1 saturated heterocycles. The number of nitrogens with zero attached hydrogens (tertiary/aromatic N) is 2. The van der Waals surface area contributed by atoms with Crippen LogP contribution in [0.15, 0.2) is 53.4 Å². The van der Waals surface area contributed by atoms with E-state index in [1.165, 1.54) is 21.3 Å². The number of likely N-dealkylation sites (N-methyl/N-ethyl adjacent to an activating group) is 1. The van der Waals surface area contributed by atoms with Gasteiger partial charge in [0.2, 0.25) is 21.8 Å². The highest BCUT2D eigenvalue weighted by Gasteiger charge is 2.26. The molecule has 10 heteroatoms. The maximum Gasteiger partial charge on any atom is 0.243 e. The van der Waals surface area contributed by atoms with E-state index in [-0.39, 0.29) is 29.7 Å². The van der Waals surface area contributed by atoms with E-state index in [4.69, 9.17) is 4.74 Å². The molecular formula is C22H28N4O5S. The molecule has 0 aliphatic carbocycles. The van der Waals surface area contributed by atoms with Crippen LogP contribution in [0, 0.1) is 0 Å². The molecule has 0 spiro atoms. The normalized spacial score (nSPS) is 14.6. The van der Waals surface area contributed by atoms with Crippen LogP contribution < -0.4 is 10.6 Å². The Morgan fingerprint density at radius 2 is 1.78 bits per heavy atom. The summed E-state index contributed by atoms with van der Waals surface area (Å²) in [7, 11) is -0.262. The molecule has 0 aromatic heterocycles. The van der Waals surface area contributed by atoms with Gasteiger partial charge in [-0.15, -0.1) is 0 Å². The van der Waals surface area contributed by atoms with Crippen molar-refractivity contribution < 1.29 is 22.7 Å². The second-order valence-electron chi connectivity index (χ2n) is 7.57. The summed E-state index contributed by atoms with van der Waals surface area (Å²) in [5.74, 6) is -0.373. The van der Waals surface area contributed by atoms with Crippen LogP contribution >= 0.6 is 0 Å². The third-order valence-electron chi connectivity index (χ3n) is 5.02. The predicted octanol–water partition coefficient (Wildman–Crippen LogP) is 1.39. The number of ether oxygens (including phenoxy) is 1. The molecule has 2 aromatic carbocycles. The quantitative estimate of drug-likeness (QED) is 0.616. The number of rotatable bonds is 8. The Hall–Kier alpha value is -2.95. The first kappa shape index (κ1) is 23.7. The summed E-state index contributed by atoms with van der Waals surface area (Å²) in [6.07, 6.45) is 0.221. The topological polar surface area (TPSA) is 108 Å². The van der Waals surface area contributed by atoms with Gasteiger partial charge in [0, 0.05) is 38.6 Å². The van der Waals surface area contributed by atoms with Gasteiger partial charge < -0.3 is 20.3 Å². The van der Waals surface area contributed by atoms with Crippen molar-refractivity contribution in [2.24, 2.45) is 0 Å². The Balaban J connectivity index is 1.63. The van der Waals surface area contributed by atoms with E-state index in [1.807, 2.05) is 18.2 Å². The monoisotopic (exact) mass is 460 g/mol. The zero-order valence-corrected chi connectivity index (χ0v) is 19.0. The van der Waals surface area contributed by atoms with Gasteiger partial charge in [0.25, 0.3) is 0 Å². The molecule has 2 amide bonds. The third kappa shape index (κ3) is 6.06. The van der Waals surface area contributed by atoms with Gasteiger partial charge in [-0.3, -0.25) is 9.59 Å². The zero-order chi connectivity index (χ0) is 23.1. The fourth-order valence-corrected chi connectivity index (χ4v) is 4.67. The number of hydrogen-bond acceptors (Lipinski definition) is 6. The maximum absolute atomic E-state index is 12.8. The van der Waals surface area contributed by atoms with Crippen LogP contribution in [0.4, 0.5) is 11.4 Å². The van der Waals surface area contributed by atoms with E-state index >= 15 is 0 Å². The molecule has 0 unspecified atom stereocenters. The summed E-state index contributed by atoms with van der Waals surface area (Å²) in [6.45, 7) is 1.30. The van der Waals surface area contributed by atoms with Crippen LogP contribution in [-0.2, 0) is 30.8 Å². The molecule has 172 valence electrons. The van der Waals surface area contributed by atoms with Gasteiger partial charge in [-0.2, -0.15) is 4.31 Å². The molecule has 1 fully saturated rings. The molecule has 1 aliphatic rings. The number of amides is 2. The smallest absolute Gasteiger partial charge is 0.243 e. The Bertz CT molecular complexity index is 1070. The molecular weight excluding hydrogens is 432 g/mol. The first-order valence-electron chi connectivity index (χ1n) is 10.3. The number of benzene rings is 2. The van der Waals surface area contributed by atoms with Crippen molar-refractivity contribution in [3.8, 4) is 0 Å². The summed E-state index contributed by atoms with van der Waals surface area (Å²) in [6, 6.07) is 13.5. The van der Waals surface area contributed by atoms with E-state index in [9.17, 15) is 18.0 Å². The Morgan fingerprint density at radius 1 is 1.06 bits per heavy atom. The Morgan fingerprint density at radius 3 is 2.50 bits per heavy atom. The van der Waals surface area contributed by atoms with Gasteiger partial charge >= 0.3 is 0 Å². The molecule has 1 heterocycles. The lowest BCUT2D eigenvalue weighted by Crippen LogP contribution is -2.40. The first-order valence-corrected chi connectivity index (χ1v) is 11.7. The number of carbonyl (C=O) groups is 2. The van der Waals surface area contributed by atoms with Crippen molar-refractivity contribution in [2.75, 3.05) is 57.6 Å². The molecule has 0 atom stereocenters. The average Bonchev–Trinajstić information content (AvgIpc) is 2.79. The van der Waals surface area contributed by atoms with Gasteiger partial charge in [-0.25, -0.2) is 8.42 Å². The highest BCUT2D eigenvalue weighted by molar-refractivity contribution is 7.89. The molecule has 2 N–H and O–H groups in total. The van der Waals surface area contributed by atoms with Crippen molar-refractivity contribution in [1.29, 1.82) is 0 Å². The van der Waals surface area contributed by atoms with Gasteiger partial charge in [0.15, 0.2) is 0 Å². The summed E-state index contributed by atoms with van der Waals surface area (Å²) in [5, 5.41) is 5.77. The zero-order valence-electron chi connectivity index (χ0n) is 18.2. The average molecular weight is 461 g/mol. The molecule has 2 aromatic rings. The number of anilines is 2. The molecule has 0 radical (unpaired) electrons. The van der Waals surface area contributed by atoms with E-state index in [0.29, 0.717) is 37.7 Å². The fourth-order valence-electron chi connectivity index (χ4n) is 3.22. The summed E-state index contributed by atoms with van der Waals surface area (Å²) < 4.78 is 32.2. The van der Waals surface area contributed by atoms with E-state index in [1.54, 1.807) is 32.3 Å². The molecule has 32 heavy (non-hydrogen) atoms. The van der Waals surface area contributed by atoms with Gasteiger partial charge in [0.1, 0.15) is 0 Å². The van der Waals surface area contributed by atoms with Crippen molar-refractivity contribution in [3.05, 3.63) is 54.1 Å². The van der Waals surface area contributed by atoms with Gasteiger partial charge in [-0.05, 0) is 29.8 Å². The van der Waals surface area contributed by atoms with Gasteiger partial charge in [0.05, 0.1) is 31.1 Å². The van der Waals surface area contributed by atoms with Crippen molar-refractivity contribution in [3.63, 3.8) is 0 Å². The standard InChI is InChI=1S/C22H28N4O5S/c1-25(2)22(28)14-17-6-3-4-9-20(17)23-16-21(27)24-18-7-5-8-19(15-18)32(29,30)26-10-12-31-13-11-26/h3-9,15,23H,10-14,16H2,1-2H3,(H,24,27). The van der Waals surface area contributed by atoms with Crippen LogP contribution in [0.1, 0.15) is 5.56 Å². The Kier molecular flexibility index (Phi) is 7.84. The van der Waals surface area contributed by atoms with Crippen LogP contribution in [0.2, 0.25) is 0 Å². The van der Waals surface area contributed by atoms with E-state index in [0.717, 1.165) is 5.56 Å². The second kappa shape index (κ2) is 10.6. The highest BCUT2D eigenvalue weighted by atomic mass is 32.2. The number of sulfonamides is 1.